The molecule has 0 fully saturated rings. The van der Waals surface area contributed by atoms with E-state index in [1.807, 2.05) is 12.1 Å². The van der Waals surface area contributed by atoms with Crippen molar-refractivity contribution in [1.29, 1.82) is 0 Å². The molecule has 0 aliphatic heterocycles. The van der Waals surface area contributed by atoms with Crippen molar-refractivity contribution in [2.75, 3.05) is 6.54 Å². The second-order valence-electron chi connectivity index (χ2n) is 4.80. The second-order valence-corrected chi connectivity index (χ2v) is 4.80. The van der Waals surface area contributed by atoms with Crippen LogP contribution in [0.1, 0.15) is 36.9 Å². The van der Waals surface area contributed by atoms with E-state index in [1.54, 1.807) is 24.7 Å². The summed E-state index contributed by atoms with van der Waals surface area (Å²) in [5, 5.41) is 3.41. The topological polar surface area (TPSA) is 37.8 Å². The van der Waals surface area contributed by atoms with Crippen LogP contribution in [0.2, 0.25) is 0 Å². The maximum absolute atomic E-state index is 13.9. The van der Waals surface area contributed by atoms with Gasteiger partial charge in [0.05, 0.1) is 6.20 Å². The Labute approximate surface area is 119 Å². The van der Waals surface area contributed by atoms with Crippen molar-refractivity contribution in [2.45, 2.75) is 32.2 Å². The van der Waals surface area contributed by atoms with Gasteiger partial charge < -0.3 is 5.32 Å². The summed E-state index contributed by atoms with van der Waals surface area (Å²) in [5.74, 6) is -0.240. The molecule has 106 valence electrons. The number of pyridine rings is 2. The highest BCUT2D eigenvalue weighted by molar-refractivity contribution is 5.18. The fraction of sp³-hybridized carbons (Fsp3) is 0.375. The van der Waals surface area contributed by atoms with Gasteiger partial charge in [-0.3, -0.25) is 9.97 Å². The Morgan fingerprint density at radius 3 is 2.60 bits per heavy atom. The van der Waals surface area contributed by atoms with E-state index in [4.69, 9.17) is 0 Å². The van der Waals surface area contributed by atoms with Crippen LogP contribution >= 0.6 is 0 Å². The van der Waals surface area contributed by atoms with E-state index < -0.39 is 0 Å². The van der Waals surface area contributed by atoms with E-state index in [0.717, 1.165) is 25.8 Å². The second kappa shape index (κ2) is 7.70. The molecule has 3 nitrogen and oxygen atoms in total. The third kappa shape index (κ3) is 4.10. The molecule has 0 radical (unpaired) electrons. The molecule has 2 heterocycles. The van der Waals surface area contributed by atoms with Gasteiger partial charge in [-0.15, -0.1) is 0 Å². The summed E-state index contributed by atoms with van der Waals surface area (Å²) in [5.41, 5.74) is 1.92. The predicted molar refractivity (Wildman–Crippen MR) is 77.8 cm³/mol. The van der Waals surface area contributed by atoms with Crippen LogP contribution in [0, 0.1) is 5.82 Å². The molecule has 1 atom stereocenters. The molecule has 0 saturated heterocycles. The molecule has 0 saturated carbocycles. The molecule has 0 aromatic carbocycles. The zero-order chi connectivity index (χ0) is 14.2. The van der Waals surface area contributed by atoms with Crippen LogP contribution in [0.25, 0.3) is 0 Å². The van der Waals surface area contributed by atoms with Gasteiger partial charge in [-0.05, 0) is 49.6 Å². The first kappa shape index (κ1) is 14.6. The van der Waals surface area contributed by atoms with Crippen LogP contribution in [0.15, 0.2) is 43.0 Å². The number of hydrogen-bond acceptors (Lipinski definition) is 3. The Hall–Kier alpha value is -1.81. The third-order valence-electron chi connectivity index (χ3n) is 3.29. The van der Waals surface area contributed by atoms with E-state index in [1.165, 1.54) is 11.8 Å². The number of hydrogen-bond donors (Lipinski definition) is 1. The predicted octanol–water partition coefficient (Wildman–Crippen LogP) is 3.29. The highest BCUT2D eigenvalue weighted by atomic mass is 19.1. The van der Waals surface area contributed by atoms with Gasteiger partial charge in [0.2, 0.25) is 0 Å². The van der Waals surface area contributed by atoms with E-state index in [9.17, 15) is 4.39 Å². The lowest BCUT2D eigenvalue weighted by Crippen LogP contribution is -2.23. The molecule has 1 unspecified atom stereocenters. The van der Waals surface area contributed by atoms with Gasteiger partial charge in [-0.1, -0.05) is 6.92 Å². The van der Waals surface area contributed by atoms with Crippen LogP contribution in [0.3, 0.4) is 0 Å². The van der Waals surface area contributed by atoms with Crippen molar-refractivity contribution in [3.05, 3.63) is 59.9 Å². The van der Waals surface area contributed by atoms with Crippen molar-refractivity contribution < 1.29 is 4.39 Å². The normalized spacial score (nSPS) is 12.3. The average Bonchev–Trinajstić information content (AvgIpc) is 2.49. The fourth-order valence-corrected chi connectivity index (χ4v) is 2.22. The molecule has 2 aromatic rings. The van der Waals surface area contributed by atoms with Gasteiger partial charge >= 0.3 is 0 Å². The summed E-state index contributed by atoms with van der Waals surface area (Å²) < 4.78 is 13.9. The molecule has 0 bridgehead atoms. The summed E-state index contributed by atoms with van der Waals surface area (Å²) in [7, 11) is 0. The van der Waals surface area contributed by atoms with Crippen molar-refractivity contribution in [2.24, 2.45) is 0 Å². The van der Waals surface area contributed by atoms with Crippen LogP contribution in [-0.2, 0) is 6.42 Å². The van der Waals surface area contributed by atoms with E-state index in [0.29, 0.717) is 5.56 Å². The molecule has 0 spiro atoms. The molecule has 1 N–H and O–H groups in total. The van der Waals surface area contributed by atoms with E-state index >= 15 is 0 Å². The maximum Gasteiger partial charge on any atom is 0.146 e. The molecule has 0 aliphatic rings. The largest absolute Gasteiger partial charge is 0.310 e. The molecule has 2 rings (SSSR count). The highest BCUT2D eigenvalue weighted by Gasteiger charge is 2.14. The van der Waals surface area contributed by atoms with Crippen molar-refractivity contribution in [1.82, 2.24) is 15.3 Å². The Morgan fingerprint density at radius 1 is 1.15 bits per heavy atom. The molecule has 0 amide bonds. The summed E-state index contributed by atoms with van der Waals surface area (Å²) >= 11 is 0. The molecule has 0 aliphatic carbocycles. The molecule has 2 aromatic heterocycles. The average molecular weight is 273 g/mol. The van der Waals surface area contributed by atoms with E-state index in [-0.39, 0.29) is 11.9 Å². The monoisotopic (exact) mass is 273 g/mol. The minimum absolute atomic E-state index is 0.0196. The van der Waals surface area contributed by atoms with Crippen molar-refractivity contribution in [3.63, 3.8) is 0 Å². The maximum atomic E-state index is 13.9. The molecular weight excluding hydrogens is 253 g/mol. The number of rotatable bonds is 7. The van der Waals surface area contributed by atoms with Gasteiger partial charge in [0.15, 0.2) is 0 Å². The van der Waals surface area contributed by atoms with Crippen LogP contribution in [-0.4, -0.2) is 16.5 Å². The first-order chi connectivity index (χ1) is 9.81. The zero-order valence-corrected chi connectivity index (χ0v) is 11.7. The highest BCUT2D eigenvalue weighted by Crippen LogP contribution is 2.21. The lowest BCUT2D eigenvalue weighted by molar-refractivity contribution is 0.472. The quantitative estimate of drug-likeness (QED) is 0.841. The number of halogens is 1. The summed E-state index contributed by atoms with van der Waals surface area (Å²) in [6, 6.07) is 5.78. The minimum atomic E-state index is -0.240. The number of aryl methyl sites for hydroxylation is 1. The fourth-order valence-electron chi connectivity index (χ4n) is 2.22. The van der Waals surface area contributed by atoms with Gasteiger partial charge in [0.25, 0.3) is 0 Å². The summed E-state index contributed by atoms with van der Waals surface area (Å²) in [6.45, 7) is 2.98. The lowest BCUT2D eigenvalue weighted by atomic mass is 9.99. The van der Waals surface area contributed by atoms with Crippen molar-refractivity contribution >= 4 is 0 Å². The number of nitrogens with one attached hydrogen (secondary N) is 1. The molecule has 4 heteroatoms. The molecule has 20 heavy (non-hydrogen) atoms. The van der Waals surface area contributed by atoms with Crippen LogP contribution < -0.4 is 5.32 Å². The third-order valence-corrected chi connectivity index (χ3v) is 3.29. The molecular formula is C16H20FN3. The lowest BCUT2D eigenvalue weighted by Gasteiger charge is -2.19. The minimum Gasteiger partial charge on any atom is -0.310 e. The zero-order valence-electron chi connectivity index (χ0n) is 11.7. The SMILES string of the molecule is CCCNC(CCc1ccncc1)c1ccncc1F. The Kier molecular flexibility index (Phi) is 5.62. The van der Waals surface area contributed by atoms with Crippen molar-refractivity contribution in [3.8, 4) is 0 Å². The number of aromatic nitrogens is 2. The number of nitrogens with zero attached hydrogens (tertiary/aromatic N) is 2. The van der Waals surface area contributed by atoms with E-state index in [2.05, 4.69) is 22.2 Å². The Balaban J connectivity index is 2.06. The smallest absolute Gasteiger partial charge is 0.146 e. The van der Waals surface area contributed by atoms with Crippen LogP contribution in [0.5, 0.6) is 0 Å². The van der Waals surface area contributed by atoms with Gasteiger partial charge in [-0.2, -0.15) is 0 Å². The first-order valence-corrected chi connectivity index (χ1v) is 7.03. The summed E-state index contributed by atoms with van der Waals surface area (Å²) in [4.78, 5) is 7.83. The standard InChI is InChI=1S/C16H20FN3/c1-2-8-20-16(14-7-11-19-12-15(14)17)4-3-13-5-9-18-10-6-13/h5-7,9-12,16,20H,2-4,8H2,1H3. The van der Waals surface area contributed by atoms with Gasteiger partial charge in [0.1, 0.15) is 5.82 Å². The first-order valence-electron chi connectivity index (χ1n) is 7.03. The van der Waals surface area contributed by atoms with Crippen LogP contribution in [0.4, 0.5) is 4.39 Å². The van der Waals surface area contributed by atoms with Gasteiger partial charge in [-0.25, -0.2) is 4.39 Å². The van der Waals surface area contributed by atoms with Gasteiger partial charge in [0, 0.05) is 30.2 Å². The Bertz CT molecular complexity index is 516. The summed E-state index contributed by atoms with van der Waals surface area (Å²) in [6.07, 6.45) is 9.27. The Morgan fingerprint density at radius 2 is 1.90 bits per heavy atom.